The first-order chi connectivity index (χ1) is 10.2. The van der Waals surface area contributed by atoms with Crippen LogP contribution in [0.15, 0.2) is 54.7 Å². The Kier molecular flexibility index (Phi) is 3.80. The van der Waals surface area contributed by atoms with Crippen molar-refractivity contribution in [3.63, 3.8) is 0 Å². The van der Waals surface area contributed by atoms with E-state index < -0.39 is 0 Å². The summed E-state index contributed by atoms with van der Waals surface area (Å²) in [6, 6.07) is 17.5. The Morgan fingerprint density at radius 2 is 1.67 bits per heavy atom. The van der Waals surface area contributed by atoms with E-state index in [0.717, 1.165) is 6.54 Å². The van der Waals surface area contributed by atoms with Crippen molar-refractivity contribution >= 4 is 10.9 Å². The second-order valence-electron chi connectivity index (χ2n) is 5.94. The average Bonchev–Trinajstić information content (AvgIpc) is 2.90. The Morgan fingerprint density at radius 1 is 0.952 bits per heavy atom. The maximum atomic E-state index is 5.75. The highest BCUT2D eigenvalue weighted by Crippen LogP contribution is 2.20. The van der Waals surface area contributed by atoms with Gasteiger partial charge < -0.3 is 10.3 Å². The predicted octanol–water partition coefficient (Wildman–Crippen LogP) is 4.27. The van der Waals surface area contributed by atoms with Gasteiger partial charge in [-0.25, -0.2) is 0 Å². The van der Waals surface area contributed by atoms with Gasteiger partial charge in [0.25, 0.3) is 0 Å². The van der Waals surface area contributed by atoms with Crippen LogP contribution in [0, 0.1) is 0 Å². The number of nitrogens with two attached hydrogens (primary N) is 1. The molecular weight excluding hydrogens is 256 g/mol. The van der Waals surface area contributed by atoms with Crippen molar-refractivity contribution in [1.29, 1.82) is 0 Å². The second-order valence-corrected chi connectivity index (χ2v) is 5.94. The van der Waals surface area contributed by atoms with E-state index in [1.54, 1.807) is 0 Å². The van der Waals surface area contributed by atoms with Gasteiger partial charge in [0.05, 0.1) is 0 Å². The van der Waals surface area contributed by atoms with E-state index in [9.17, 15) is 0 Å². The van der Waals surface area contributed by atoms with Crippen LogP contribution in [0.25, 0.3) is 10.9 Å². The summed E-state index contributed by atoms with van der Waals surface area (Å²) in [7, 11) is 0. The summed E-state index contributed by atoms with van der Waals surface area (Å²) in [6.45, 7) is 5.94. The van der Waals surface area contributed by atoms with Gasteiger partial charge in [-0.05, 0) is 40.1 Å². The Hall–Kier alpha value is -2.06. The van der Waals surface area contributed by atoms with Crippen LogP contribution in [0.2, 0.25) is 0 Å². The third kappa shape index (κ3) is 2.86. The van der Waals surface area contributed by atoms with Gasteiger partial charge in [-0.2, -0.15) is 0 Å². The molecule has 1 heterocycles. The molecule has 0 saturated carbocycles. The van der Waals surface area contributed by atoms with Crippen molar-refractivity contribution in [2.24, 2.45) is 5.73 Å². The molecule has 0 aliphatic rings. The topological polar surface area (TPSA) is 30.9 Å². The summed E-state index contributed by atoms with van der Waals surface area (Å²) in [5.41, 5.74) is 10.9. The summed E-state index contributed by atoms with van der Waals surface area (Å²) in [5, 5.41) is 1.27. The lowest BCUT2D eigenvalue weighted by molar-refractivity contribution is 0.828. The fourth-order valence-electron chi connectivity index (χ4n) is 2.70. The average molecular weight is 278 g/mol. The van der Waals surface area contributed by atoms with Gasteiger partial charge in [-0.15, -0.1) is 0 Å². The molecule has 2 aromatic carbocycles. The smallest absolute Gasteiger partial charge is 0.0486 e. The van der Waals surface area contributed by atoms with Gasteiger partial charge >= 0.3 is 0 Å². The molecule has 0 fully saturated rings. The van der Waals surface area contributed by atoms with Crippen LogP contribution in [0.5, 0.6) is 0 Å². The molecule has 21 heavy (non-hydrogen) atoms. The highest BCUT2D eigenvalue weighted by Gasteiger charge is 2.04. The highest BCUT2D eigenvalue weighted by atomic mass is 14.9. The van der Waals surface area contributed by atoms with Crippen LogP contribution in [-0.4, -0.2) is 4.57 Å². The molecule has 0 saturated heterocycles. The van der Waals surface area contributed by atoms with E-state index in [2.05, 4.69) is 73.1 Å². The summed E-state index contributed by atoms with van der Waals surface area (Å²) in [5.74, 6) is 0.582. The van der Waals surface area contributed by atoms with Crippen LogP contribution >= 0.6 is 0 Å². The van der Waals surface area contributed by atoms with Crippen molar-refractivity contribution in [3.8, 4) is 0 Å². The predicted molar refractivity (Wildman–Crippen MR) is 89.5 cm³/mol. The largest absolute Gasteiger partial charge is 0.343 e. The molecule has 0 atom stereocenters. The molecule has 2 nitrogen and oxygen atoms in total. The quantitative estimate of drug-likeness (QED) is 0.759. The van der Waals surface area contributed by atoms with Crippen molar-refractivity contribution in [3.05, 3.63) is 71.4 Å². The second kappa shape index (κ2) is 5.74. The number of fused-ring (bicyclic) bond motifs is 1. The molecule has 108 valence electrons. The molecule has 0 aliphatic carbocycles. The minimum atomic E-state index is 0.582. The lowest BCUT2D eigenvalue weighted by atomic mass is 10.0. The van der Waals surface area contributed by atoms with E-state index >= 15 is 0 Å². The minimum absolute atomic E-state index is 0.582. The van der Waals surface area contributed by atoms with E-state index in [-0.39, 0.29) is 0 Å². The van der Waals surface area contributed by atoms with Gasteiger partial charge in [0, 0.05) is 24.8 Å². The SMILES string of the molecule is CC(C)c1ccc(Cn2ccc3ccc(CN)cc32)cc1. The first-order valence-corrected chi connectivity index (χ1v) is 7.54. The third-order valence-corrected chi connectivity index (χ3v) is 4.07. The number of rotatable bonds is 4. The van der Waals surface area contributed by atoms with Crippen LogP contribution in [-0.2, 0) is 13.1 Å². The standard InChI is InChI=1S/C19H22N2/c1-14(2)17-6-3-15(4-7-17)13-21-10-9-18-8-5-16(12-20)11-19(18)21/h3-11,14H,12-13,20H2,1-2H3. The lowest BCUT2D eigenvalue weighted by Gasteiger charge is -2.09. The zero-order valence-corrected chi connectivity index (χ0v) is 12.7. The summed E-state index contributed by atoms with van der Waals surface area (Å²) >= 11 is 0. The van der Waals surface area contributed by atoms with Gasteiger partial charge in [0.2, 0.25) is 0 Å². The third-order valence-electron chi connectivity index (χ3n) is 4.07. The Balaban J connectivity index is 1.90. The van der Waals surface area contributed by atoms with Crippen molar-refractivity contribution < 1.29 is 0 Å². The molecular formula is C19H22N2. The molecule has 0 bridgehead atoms. The van der Waals surface area contributed by atoms with Crippen LogP contribution in [0.3, 0.4) is 0 Å². The van der Waals surface area contributed by atoms with Crippen molar-refractivity contribution in [1.82, 2.24) is 4.57 Å². The molecule has 0 spiro atoms. The Bertz CT molecular complexity index is 736. The van der Waals surface area contributed by atoms with Gasteiger partial charge in [-0.1, -0.05) is 50.2 Å². The number of nitrogens with zero attached hydrogens (tertiary/aromatic N) is 1. The maximum absolute atomic E-state index is 5.75. The molecule has 0 radical (unpaired) electrons. The van der Waals surface area contributed by atoms with Crippen molar-refractivity contribution in [2.45, 2.75) is 32.9 Å². The minimum Gasteiger partial charge on any atom is -0.343 e. The highest BCUT2D eigenvalue weighted by molar-refractivity contribution is 5.80. The van der Waals surface area contributed by atoms with Crippen LogP contribution in [0.1, 0.15) is 36.5 Å². The molecule has 2 heteroatoms. The summed E-state index contributed by atoms with van der Waals surface area (Å²) < 4.78 is 2.29. The lowest BCUT2D eigenvalue weighted by Crippen LogP contribution is -2.00. The monoisotopic (exact) mass is 278 g/mol. The van der Waals surface area contributed by atoms with Gasteiger partial charge in [-0.3, -0.25) is 0 Å². The molecule has 1 aromatic heterocycles. The van der Waals surface area contributed by atoms with Gasteiger partial charge in [0.1, 0.15) is 0 Å². The number of hydrogen-bond donors (Lipinski definition) is 1. The van der Waals surface area contributed by atoms with E-state index in [1.807, 2.05) is 0 Å². The molecule has 3 rings (SSSR count). The summed E-state index contributed by atoms with van der Waals surface area (Å²) in [4.78, 5) is 0. The molecule has 0 unspecified atom stereocenters. The van der Waals surface area contributed by atoms with Crippen LogP contribution in [0.4, 0.5) is 0 Å². The maximum Gasteiger partial charge on any atom is 0.0486 e. The summed E-state index contributed by atoms with van der Waals surface area (Å²) in [6.07, 6.45) is 2.15. The molecule has 0 aliphatic heterocycles. The zero-order chi connectivity index (χ0) is 14.8. The number of aromatic nitrogens is 1. The van der Waals surface area contributed by atoms with Crippen molar-refractivity contribution in [2.75, 3.05) is 0 Å². The molecule has 3 aromatic rings. The Morgan fingerprint density at radius 3 is 2.33 bits per heavy atom. The van der Waals surface area contributed by atoms with E-state index in [4.69, 9.17) is 5.73 Å². The van der Waals surface area contributed by atoms with Gasteiger partial charge in [0.15, 0.2) is 0 Å². The molecule has 2 N–H and O–H groups in total. The fraction of sp³-hybridized carbons (Fsp3) is 0.263. The zero-order valence-electron chi connectivity index (χ0n) is 12.7. The molecule has 0 amide bonds. The van der Waals surface area contributed by atoms with E-state index in [1.165, 1.54) is 27.6 Å². The first-order valence-electron chi connectivity index (χ1n) is 7.54. The fourth-order valence-corrected chi connectivity index (χ4v) is 2.70. The first kappa shape index (κ1) is 13.9. The Labute approximate surface area is 126 Å². The number of hydrogen-bond acceptors (Lipinski definition) is 1. The van der Waals surface area contributed by atoms with Crippen LogP contribution < -0.4 is 5.73 Å². The number of benzene rings is 2. The van der Waals surface area contributed by atoms with E-state index in [0.29, 0.717) is 12.5 Å². The normalized spacial score (nSPS) is 11.4.